The molecule has 0 unspecified atom stereocenters. The first-order chi connectivity index (χ1) is 13.4. The van der Waals surface area contributed by atoms with Gasteiger partial charge in [-0.15, -0.1) is 11.3 Å². The molecular weight excluding hydrogens is 528 g/mol. The van der Waals surface area contributed by atoms with Gasteiger partial charge in [0, 0.05) is 10.2 Å². The molecule has 0 spiro atoms. The van der Waals surface area contributed by atoms with Crippen molar-refractivity contribution in [2.24, 2.45) is 0 Å². The van der Waals surface area contributed by atoms with Gasteiger partial charge < -0.3 is 5.32 Å². The molecular formula is C18H12Br2N4O2S2. The number of halogens is 2. The first kappa shape index (κ1) is 19.3. The van der Waals surface area contributed by atoms with Gasteiger partial charge in [0.05, 0.1) is 14.8 Å². The highest BCUT2D eigenvalue weighted by molar-refractivity contribution is 9.11. The highest BCUT2D eigenvalue weighted by Gasteiger charge is 2.20. The number of thiophene rings is 1. The average Bonchev–Trinajstić information content (AvgIpc) is 3.11. The zero-order valence-electron chi connectivity index (χ0n) is 14.1. The Balaban J connectivity index is 1.77. The van der Waals surface area contributed by atoms with Crippen LogP contribution in [0.4, 0.5) is 17.3 Å². The van der Waals surface area contributed by atoms with Crippen molar-refractivity contribution in [1.29, 1.82) is 0 Å². The molecule has 4 rings (SSSR count). The Morgan fingerprint density at radius 2 is 1.46 bits per heavy atom. The van der Waals surface area contributed by atoms with Gasteiger partial charge in [0.2, 0.25) is 0 Å². The summed E-state index contributed by atoms with van der Waals surface area (Å²) in [6.45, 7) is 0. The van der Waals surface area contributed by atoms with E-state index in [2.05, 4.69) is 51.9 Å². The van der Waals surface area contributed by atoms with Gasteiger partial charge in [-0.25, -0.2) is 18.4 Å². The SMILES string of the molecule is O=S(=O)(Nc1nc2ccccc2nc1Nc1ccc(Br)cc1)c1ccc(Br)s1. The second-order valence-corrected chi connectivity index (χ2v) is 11.0. The highest BCUT2D eigenvalue weighted by Crippen LogP contribution is 2.30. The smallest absolute Gasteiger partial charge is 0.272 e. The molecule has 0 atom stereocenters. The number of anilines is 3. The van der Waals surface area contributed by atoms with E-state index in [1.807, 2.05) is 42.5 Å². The number of hydrogen-bond donors (Lipinski definition) is 2. The maximum atomic E-state index is 12.8. The predicted molar refractivity (Wildman–Crippen MR) is 120 cm³/mol. The Bertz CT molecular complexity index is 1260. The van der Waals surface area contributed by atoms with Gasteiger partial charge in [0.25, 0.3) is 10.0 Å². The molecule has 0 aliphatic carbocycles. The molecule has 0 radical (unpaired) electrons. The van der Waals surface area contributed by atoms with Gasteiger partial charge in [-0.1, -0.05) is 28.1 Å². The van der Waals surface area contributed by atoms with Crippen LogP contribution in [0.3, 0.4) is 0 Å². The van der Waals surface area contributed by atoms with Crippen molar-refractivity contribution in [3.8, 4) is 0 Å². The predicted octanol–water partition coefficient (Wildman–Crippen LogP) is 5.76. The summed E-state index contributed by atoms with van der Waals surface area (Å²) >= 11 is 7.81. The Labute approximate surface area is 182 Å². The zero-order chi connectivity index (χ0) is 19.7. The minimum atomic E-state index is -3.79. The van der Waals surface area contributed by atoms with E-state index in [1.165, 1.54) is 6.07 Å². The fraction of sp³-hybridized carbons (Fsp3) is 0. The van der Waals surface area contributed by atoms with Crippen LogP contribution in [-0.4, -0.2) is 18.4 Å². The van der Waals surface area contributed by atoms with Crippen molar-refractivity contribution in [1.82, 2.24) is 9.97 Å². The van der Waals surface area contributed by atoms with E-state index < -0.39 is 10.0 Å². The van der Waals surface area contributed by atoms with E-state index in [4.69, 9.17) is 0 Å². The normalized spacial score (nSPS) is 11.5. The standard InChI is InChI=1S/C18H12Br2N4O2S2/c19-11-5-7-12(8-6-11)21-17-18(23-14-4-2-1-3-13(14)22-17)24-28(25,26)16-10-9-15(20)27-16/h1-10H,(H,21,22)(H,23,24). The molecule has 10 heteroatoms. The zero-order valence-corrected chi connectivity index (χ0v) is 18.9. The minimum absolute atomic E-state index is 0.131. The van der Waals surface area contributed by atoms with Crippen molar-refractivity contribution in [2.45, 2.75) is 4.21 Å². The number of para-hydroxylation sites is 2. The molecule has 28 heavy (non-hydrogen) atoms. The number of sulfonamides is 1. The molecule has 0 saturated heterocycles. The summed E-state index contributed by atoms with van der Waals surface area (Å²) in [6.07, 6.45) is 0. The molecule has 0 aliphatic heterocycles. The lowest BCUT2D eigenvalue weighted by Gasteiger charge is -2.13. The van der Waals surface area contributed by atoms with Crippen LogP contribution in [0.1, 0.15) is 0 Å². The van der Waals surface area contributed by atoms with Gasteiger partial charge in [0.15, 0.2) is 11.6 Å². The number of rotatable bonds is 5. The molecule has 2 heterocycles. The highest BCUT2D eigenvalue weighted by atomic mass is 79.9. The van der Waals surface area contributed by atoms with Crippen molar-refractivity contribution < 1.29 is 8.42 Å². The molecule has 0 amide bonds. The number of aromatic nitrogens is 2. The quantitative estimate of drug-likeness (QED) is 0.337. The second kappa shape index (κ2) is 7.78. The van der Waals surface area contributed by atoms with Crippen molar-refractivity contribution in [3.63, 3.8) is 0 Å². The lowest BCUT2D eigenvalue weighted by atomic mass is 10.3. The number of benzene rings is 2. The number of nitrogens with zero attached hydrogens (tertiary/aromatic N) is 2. The van der Waals surface area contributed by atoms with Crippen LogP contribution < -0.4 is 10.0 Å². The molecule has 2 aromatic heterocycles. The maximum Gasteiger partial charge on any atom is 0.272 e. The molecule has 0 saturated carbocycles. The van der Waals surface area contributed by atoms with Gasteiger partial charge in [-0.2, -0.15) is 0 Å². The fourth-order valence-corrected chi connectivity index (χ4v) is 5.73. The lowest BCUT2D eigenvalue weighted by molar-refractivity contribution is 0.603. The number of nitrogens with one attached hydrogen (secondary N) is 2. The van der Waals surface area contributed by atoms with Crippen LogP contribution in [0.5, 0.6) is 0 Å². The lowest BCUT2D eigenvalue weighted by Crippen LogP contribution is -2.15. The topological polar surface area (TPSA) is 84.0 Å². The minimum Gasteiger partial charge on any atom is -0.337 e. The van der Waals surface area contributed by atoms with Crippen molar-refractivity contribution >= 4 is 81.6 Å². The third-order valence-electron chi connectivity index (χ3n) is 3.72. The summed E-state index contributed by atoms with van der Waals surface area (Å²) in [5.74, 6) is 0.450. The van der Waals surface area contributed by atoms with Crippen LogP contribution in [0.25, 0.3) is 11.0 Å². The van der Waals surface area contributed by atoms with Gasteiger partial charge in [-0.05, 0) is 64.5 Å². The van der Waals surface area contributed by atoms with Crippen molar-refractivity contribution in [2.75, 3.05) is 10.0 Å². The fourth-order valence-electron chi connectivity index (χ4n) is 2.45. The van der Waals surface area contributed by atoms with Gasteiger partial charge >= 0.3 is 0 Å². The summed E-state index contributed by atoms with van der Waals surface area (Å²) in [7, 11) is -3.79. The Morgan fingerprint density at radius 3 is 2.07 bits per heavy atom. The van der Waals surface area contributed by atoms with E-state index in [0.717, 1.165) is 25.3 Å². The van der Waals surface area contributed by atoms with E-state index in [9.17, 15) is 8.42 Å². The maximum absolute atomic E-state index is 12.8. The number of hydrogen-bond acceptors (Lipinski definition) is 6. The summed E-state index contributed by atoms with van der Waals surface area (Å²) < 4.78 is 30.0. The van der Waals surface area contributed by atoms with Crippen LogP contribution >= 0.6 is 43.2 Å². The molecule has 0 fully saturated rings. The Kier molecular flexibility index (Phi) is 5.37. The van der Waals surface area contributed by atoms with E-state index >= 15 is 0 Å². The number of fused-ring (bicyclic) bond motifs is 1. The summed E-state index contributed by atoms with van der Waals surface area (Å²) in [4.78, 5) is 9.03. The molecule has 4 aromatic rings. The van der Waals surface area contributed by atoms with Crippen LogP contribution in [-0.2, 0) is 10.0 Å². The third-order valence-corrected chi connectivity index (χ3v) is 7.71. The monoisotopic (exact) mass is 538 g/mol. The van der Waals surface area contributed by atoms with E-state index in [-0.39, 0.29) is 10.0 Å². The molecule has 0 bridgehead atoms. The molecule has 0 aliphatic rings. The van der Waals surface area contributed by atoms with Gasteiger partial charge in [-0.3, -0.25) is 4.72 Å². The Hall–Kier alpha value is -2.01. The second-order valence-electron chi connectivity index (χ2n) is 5.71. The van der Waals surface area contributed by atoms with Crippen molar-refractivity contribution in [3.05, 3.63) is 68.9 Å². The van der Waals surface area contributed by atoms with Crippen LogP contribution in [0, 0.1) is 0 Å². The summed E-state index contributed by atoms with van der Waals surface area (Å²) in [5.41, 5.74) is 2.00. The van der Waals surface area contributed by atoms with Gasteiger partial charge in [0.1, 0.15) is 4.21 Å². The molecule has 142 valence electrons. The average molecular weight is 540 g/mol. The summed E-state index contributed by atoms with van der Waals surface area (Å²) in [5, 5.41) is 3.14. The molecule has 2 aromatic carbocycles. The van der Waals surface area contributed by atoms with E-state index in [1.54, 1.807) is 12.1 Å². The largest absolute Gasteiger partial charge is 0.337 e. The first-order valence-electron chi connectivity index (χ1n) is 7.98. The van der Waals surface area contributed by atoms with E-state index in [0.29, 0.717) is 16.9 Å². The summed E-state index contributed by atoms with van der Waals surface area (Å²) in [6, 6.07) is 18.0. The Morgan fingerprint density at radius 1 is 0.821 bits per heavy atom. The first-order valence-corrected chi connectivity index (χ1v) is 11.9. The van der Waals surface area contributed by atoms with Crippen LogP contribution in [0.2, 0.25) is 0 Å². The molecule has 2 N–H and O–H groups in total. The molecule has 6 nitrogen and oxygen atoms in total. The third kappa shape index (κ3) is 4.19. The van der Waals surface area contributed by atoms with Crippen LogP contribution in [0.15, 0.2) is 73.1 Å².